The standard InChI is InChI=1S/C22H33N3O9S/c1-14(2)5-6-15(13-35(32,33)17-9-7-16(26)8-10-17)21(29)25(31)22(30)24-18(20(28)23-3)11-12-19(27)34-4/h7-10,14-15,18,26,31H,5-6,11-13H2,1-4H3,(H,23,28)(H,24,30)/t15?,18-/m0/s1. The number of nitrogens with one attached hydrogen (secondary N) is 2. The number of phenolic OH excluding ortho intramolecular Hbond substituents is 1. The molecule has 0 saturated heterocycles. The largest absolute Gasteiger partial charge is 0.508 e. The summed E-state index contributed by atoms with van der Waals surface area (Å²) in [6.07, 6.45) is 0.137. The number of benzene rings is 1. The molecule has 0 fully saturated rings. The first-order chi connectivity index (χ1) is 16.3. The Labute approximate surface area is 204 Å². The van der Waals surface area contributed by atoms with Crippen LogP contribution in [-0.4, -0.2) is 73.6 Å². The number of hydrogen-bond donors (Lipinski definition) is 4. The molecular weight excluding hydrogens is 482 g/mol. The maximum Gasteiger partial charge on any atom is 0.349 e. The molecular formula is C22H33N3O9S. The average Bonchev–Trinajstić information content (AvgIpc) is 2.82. The van der Waals surface area contributed by atoms with Crippen LogP contribution in [0.15, 0.2) is 29.2 Å². The SMILES string of the molecule is CNC(=O)[C@H](CCC(=O)OC)NC(=O)N(O)C(=O)C(CCC(C)C)CS(=O)(=O)c1ccc(O)cc1. The molecule has 0 aliphatic heterocycles. The van der Waals surface area contributed by atoms with Crippen molar-refractivity contribution in [3.8, 4) is 5.75 Å². The lowest BCUT2D eigenvalue weighted by Crippen LogP contribution is -2.52. The second kappa shape index (κ2) is 13.6. The highest BCUT2D eigenvalue weighted by Gasteiger charge is 2.34. The number of rotatable bonds is 12. The molecule has 13 heteroatoms. The van der Waals surface area contributed by atoms with E-state index in [2.05, 4.69) is 15.4 Å². The van der Waals surface area contributed by atoms with Gasteiger partial charge in [0, 0.05) is 13.5 Å². The van der Waals surface area contributed by atoms with Gasteiger partial charge < -0.3 is 20.5 Å². The second-order valence-electron chi connectivity index (χ2n) is 8.32. The molecule has 1 rings (SSSR count). The van der Waals surface area contributed by atoms with Crippen LogP contribution in [0, 0.1) is 11.8 Å². The van der Waals surface area contributed by atoms with Gasteiger partial charge in [-0.2, -0.15) is 0 Å². The van der Waals surface area contributed by atoms with Crippen LogP contribution in [0.1, 0.15) is 39.5 Å². The molecule has 12 nitrogen and oxygen atoms in total. The summed E-state index contributed by atoms with van der Waals surface area (Å²) >= 11 is 0. The maximum atomic E-state index is 12.9. The summed E-state index contributed by atoms with van der Waals surface area (Å²) in [7, 11) is -1.54. The van der Waals surface area contributed by atoms with Gasteiger partial charge in [0.1, 0.15) is 11.8 Å². The second-order valence-corrected chi connectivity index (χ2v) is 10.4. The predicted octanol–water partition coefficient (Wildman–Crippen LogP) is 1.21. The fourth-order valence-electron chi connectivity index (χ4n) is 3.12. The number of urea groups is 1. The molecule has 196 valence electrons. The molecule has 4 amide bonds. The van der Waals surface area contributed by atoms with E-state index in [-0.39, 0.29) is 40.9 Å². The van der Waals surface area contributed by atoms with Gasteiger partial charge in [0.25, 0.3) is 5.91 Å². The molecule has 0 saturated carbocycles. The first-order valence-electron chi connectivity index (χ1n) is 11.0. The summed E-state index contributed by atoms with van der Waals surface area (Å²) in [4.78, 5) is 48.8. The Bertz CT molecular complexity index is 994. The summed E-state index contributed by atoms with van der Waals surface area (Å²) < 4.78 is 30.2. The molecule has 1 aromatic carbocycles. The van der Waals surface area contributed by atoms with Gasteiger partial charge in [0.05, 0.1) is 23.7 Å². The third kappa shape index (κ3) is 9.53. The number of nitrogens with zero attached hydrogens (tertiary/aromatic N) is 1. The van der Waals surface area contributed by atoms with Gasteiger partial charge in [-0.25, -0.2) is 13.2 Å². The Morgan fingerprint density at radius 2 is 1.66 bits per heavy atom. The molecule has 4 N–H and O–H groups in total. The van der Waals surface area contributed by atoms with Gasteiger partial charge in [0.15, 0.2) is 9.84 Å². The zero-order chi connectivity index (χ0) is 26.8. The molecule has 0 spiro atoms. The van der Waals surface area contributed by atoms with E-state index in [1.807, 2.05) is 13.8 Å². The van der Waals surface area contributed by atoms with Crippen LogP contribution in [0.25, 0.3) is 0 Å². The first kappa shape index (κ1) is 29.8. The highest BCUT2D eigenvalue weighted by molar-refractivity contribution is 7.91. The van der Waals surface area contributed by atoms with Gasteiger partial charge in [-0.1, -0.05) is 20.3 Å². The highest BCUT2D eigenvalue weighted by atomic mass is 32.2. The summed E-state index contributed by atoms with van der Waals surface area (Å²) in [5, 5.41) is 23.9. The zero-order valence-electron chi connectivity index (χ0n) is 20.2. The van der Waals surface area contributed by atoms with Crippen molar-refractivity contribution in [1.29, 1.82) is 0 Å². The van der Waals surface area contributed by atoms with E-state index in [0.717, 1.165) is 7.11 Å². The number of carbonyl (C=O) groups excluding carboxylic acids is 4. The van der Waals surface area contributed by atoms with Crippen molar-refractivity contribution >= 4 is 33.7 Å². The average molecular weight is 516 g/mol. The molecule has 0 aromatic heterocycles. The van der Waals surface area contributed by atoms with Crippen LogP contribution in [0.5, 0.6) is 5.75 Å². The molecule has 35 heavy (non-hydrogen) atoms. The molecule has 0 radical (unpaired) electrons. The normalized spacial score (nSPS) is 13.0. The van der Waals surface area contributed by atoms with Crippen molar-refractivity contribution in [2.75, 3.05) is 19.9 Å². The Morgan fingerprint density at radius 1 is 1.06 bits per heavy atom. The monoisotopic (exact) mass is 515 g/mol. The van der Waals surface area contributed by atoms with Crippen molar-refractivity contribution in [2.24, 2.45) is 11.8 Å². The smallest absolute Gasteiger partial charge is 0.349 e. The number of esters is 1. The molecule has 0 aliphatic rings. The van der Waals surface area contributed by atoms with E-state index in [1.54, 1.807) is 0 Å². The van der Waals surface area contributed by atoms with Gasteiger partial charge in [-0.05, 0) is 43.0 Å². The lowest BCUT2D eigenvalue weighted by atomic mass is 9.98. The first-order valence-corrected chi connectivity index (χ1v) is 12.6. The molecule has 0 heterocycles. The fraction of sp³-hybridized carbons (Fsp3) is 0.545. The van der Waals surface area contributed by atoms with Gasteiger partial charge >= 0.3 is 12.0 Å². The molecule has 1 aromatic rings. The Morgan fingerprint density at radius 3 is 2.17 bits per heavy atom. The number of sulfone groups is 1. The topological polar surface area (TPSA) is 179 Å². The quantitative estimate of drug-likeness (QED) is 0.181. The highest BCUT2D eigenvalue weighted by Crippen LogP contribution is 2.22. The number of aromatic hydroxyl groups is 1. The minimum atomic E-state index is -4.01. The Kier molecular flexibility index (Phi) is 11.6. The molecule has 2 atom stereocenters. The number of amides is 4. The number of hydrogen-bond acceptors (Lipinski definition) is 9. The Balaban J connectivity index is 3.05. The van der Waals surface area contributed by atoms with E-state index in [9.17, 15) is 37.9 Å². The number of imide groups is 1. The summed E-state index contributed by atoms with van der Waals surface area (Å²) in [6, 6.07) is 2.16. The van der Waals surface area contributed by atoms with Crippen molar-refractivity contribution in [2.45, 2.75) is 50.5 Å². The van der Waals surface area contributed by atoms with Crippen molar-refractivity contribution in [3.63, 3.8) is 0 Å². The number of hydroxylamine groups is 2. The number of methoxy groups -OCH3 is 1. The molecule has 0 bridgehead atoms. The van der Waals surface area contributed by atoms with Crippen molar-refractivity contribution in [1.82, 2.24) is 15.7 Å². The van der Waals surface area contributed by atoms with E-state index in [4.69, 9.17) is 0 Å². The lowest BCUT2D eigenvalue weighted by molar-refractivity contribution is -0.157. The maximum absolute atomic E-state index is 12.9. The fourth-order valence-corrected chi connectivity index (χ4v) is 4.70. The van der Waals surface area contributed by atoms with E-state index < -0.39 is 51.4 Å². The van der Waals surface area contributed by atoms with Crippen LogP contribution in [0.4, 0.5) is 4.79 Å². The third-order valence-electron chi connectivity index (χ3n) is 5.18. The number of likely N-dealkylation sites (N-methyl/N-ethyl adjacent to an activating group) is 1. The van der Waals surface area contributed by atoms with Crippen molar-refractivity contribution in [3.05, 3.63) is 24.3 Å². The van der Waals surface area contributed by atoms with E-state index in [1.165, 1.54) is 31.3 Å². The Hall–Kier alpha value is -3.19. The number of ether oxygens (including phenoxy) is 1. The minimum Gasteiger partial charge on any atom is -0.508 e. The third-order valence-corrected chi connectivity index (χ3v) is 7.02. The van der Waals surface area contributed by atoms with Gasteiger partial charge in [0.2, 0.25) is 5.91 Å². The summed E-state index contributed by atoms with van der Waals surface area (Å²) in [5.41, 5.74) is 0. The predicted molar refractivity (Wildman–Crippen MR) is 124 cm³/mol. The van der Waals surface area contributed by atoms with Crippen molar-refractivity contribution < 1.29 is 42.6 Å². The van der Waals surface area contributed by atoms with Gasteiger partial charge in [-0.15, -0.1) is 5.06 Å². The van der Waals surface area contributed by atoms with Crippen LogP contribution < -0.4 is 10.6 Å². The number of carbonyl (C=O) groups is 4. The van der Waals surface area contributed by atoms with Crippen LogP contribution in [0.2, 0.25) is 0 Å². The van der Waals surface area contributed by atoms with Crippen LogP contribution in [0.3, 0.4) is 0 Å². The number of phenols is 1. The molecule has 0 aliphatic carbocycles. The zero-order valence-corrected chi connectivity index (χ0v) is 21.0. The summed E-state index contributed by atoms with van der Waals surface area (Å²) in [5.74, 6) is -4.43. The van der Waals surface area contributed by atoms with Gasteiger partial charge in [-0.3, -0.25) is 19.6 Å². The van der Waals surface area contributed by atoms with Crippen LogP contribution >= 0.6 is 0 Å². The summed E-state index contributed by atoms with van der Waals surface area (Å²) in [6.45, 7) is 3.74. The molecule has 1 unspecified atom stereocenters. The van der Waals surface area contributed by atoms with E-state index in [0.29, 0.717) is 6.42 Å². The van der Waals surface area contributed by atoms with E-state index >= 15 is 0 Å². The minimum absolute atomic E-state index is 0.0688. The van der Waals surface area contributed by atoms with Crippen LogP contribution in [-0.2, 0) is 29.0 Å². The lowest BCUT2D eigenvalue weighted by Gasteiger charge is -2.24.